The zero-order chi connectivity index (χ0) is 48.5. The van der Waals surface area contributed by atoms with Crippen molar-refractivity contribution in [1.29, 1.82) is 0 Å². The largest absolute Gasteiger partial charge is 0.481 e. The number of carboxylic acids is 1. The molecule has 2 aromatic rings. The summed E-state index contributed by atoms with van der Waals surface area (Å²) in [7, 11) is 1.64. The van der Waals surface area contributed by atoms with Crippen molar-refractivity contribution in [3.63, 3.8) is 0 Å². The van der Waals surface area contributed by atoms with Gasteiger partial charge >= 0.3 is 12.1 Å². The second-order valence-corrected chi connectivity index (χ2v) is 14.7. The molecule has 0 radical (unpaired) electrons. The standard InChI is InChI=1S/C47H73N3O18/c1-56-14-15-58-18-19-60-22-23-62-26-27-64-30-31-66-34-35-67-33-32-65-29-28-63-25-24-61-21-20-59-17-16-57-13-11-44(51)49-36-43(46(54)48-12-10-45(52)53)50-47(55)68-37-42-40-8-4-2-6-38(40)39-7-3-5-9-41(39)42/h2-9,42-43H,10-37H2,1H3,(H,48,54)(H,49,51)(H,50,55)(H,52,53)/t43-/m0/s1. The van der Waals surface area contributed by atoms with E-state index in [2.05, 4.69) is 16.0 Å². The number of methoxy groups -OCH3 is 1. The monoisotopic (exact) mass is 967 g/mol. The van der Waals surface area contributed by atoms with Crippen LogP contribution in [0.25, 0.3) is 11.1 Å². The Balaban J connectivity index is 1.07. The molecule has 21 heteroatoms. The number of hydrogen-bond donors (Lipinski definition) is 4. The van der Waals surface area contributed by atoms with E-state index in [1.54, 1.807) is 7.11 Å². The van der Waals surface area contributed by atoms with E-state index in [4.69, 9.17) is 66.7 Å². The lowest BCUT2D eigenvalue weighted by atomic mass is 9.98. The topological polar surface area (TPSA) is 245 Å². The Morgan fingerprint density at radius 3 is 1.25 bits per heavy atom. The minimum Gasteiger partial charge on any atom is -0.481 e. The third-order valence-electron chi connectivity index (χ3n) is 9.72. The number of alkyl carbamates (subject to hydrolysis) is 1. The molecule has 0 unspecified atom stereocenters. The molecule has 0 heterocycles. The van der Waals surface area contributed by atoms with Crippen LogP contribution in [0.3, 0.4) is 0 Å². The van der Waals surface area contributed by atoms with Crippen LogP contribution in [0.5, 0.6) is 0 Å². The second-order valence-electron chi connectivity index (χ2n) is 14.7. The van der Waals surface area contributed by atoms with Crippen LogP contribution in [0.15, 0.2) is 48.5 Å². The van der Waals surface area contributed by atoms with Crippen molar-refractivity contribution in [2.24, 2.45) is 0 Å². The molecule has 1 atom stereocenters. The molecule has 0 fully saturated rings. The predicted octanol–water partition coefficient (Wildman–Crippen LogP) is 1.82. The first kappa shape index (κ1) is 58.0. The lowest BCUT2D eigenvalue weighted by Crippen LogP contribution is -2.53. The molecule has 384 valence electrons. The van der Waals surface area contributed by atoms with E-state index in [0.29, 0.717) is 139 Å². The number of amides is 3. The van der Waals surface area contributed by atoms with Crippen LogP contribution in [0.4, 0.5) is 4.79 Å². The molecule has 4 N–H and O–H groups in total. The fourth-order valence-electron chi connectivity index (χ4n) is 6.32. The van der Waals surface area contributed by atoms with Gasteiger partial charge < -0.3 is 82.6 Å². The highest BCUT2D eigenvalue weighted by Gasteiger charge is 2.30. The molecule has 3 amide bonds. The molecule has 0 bridgehead atoms. The number of nitrogens with one attached hydrogen (secondary N) is 3. The van der Waals surface area contributed by atoms with Crippen molar-refractivity contribution >= 4 is 23.9 Å². The maximum absolute atomic E-state index is 12.9. The Hall–Kier alpha value is -4.36. The normalized spacial score (nSPS) is 12.4. The Morgan fingerprint density at radius 1 is 0.500 bits per heavy atom. The van der Waals surface area contributed by atoms with Gasteiger partial charge in [0.2, 0.25) is 11.8 Å². The maximum atomic E-state index is 12.9. The van der Waals surface area contributed by atoms with Gasteiger partial charge in [0.05, 0.1) is 158 Å². The van der Waals surface area contributed by atoms with Crippen LogP contribution in [0.2, 0.25) is 0 Å². The molecule has 0 saturated carbocycles. The van der Waals surface area contributed by atoms with Gasteiger partial charge in [-0.2, -0.15) is 0 Å². The number of fused-ring (bicyclic) bond motifs is 3. The lowest BCUT2D eigenvalue weighted by Gasteiger charge is -2.20. The maximum Gasteiger partial charge on any atom is 0.407 e. The van der Waals surface area contributed by atoms with Gasteiger partial charge in [-0.05, 0) is 22.3 Å². The highest BCUT2D eigenvalue weighted by Crippen LogP contribution is 2.44. The van der Waals surface area contributed by atoms with Crippen molar-refractivity contribution in [3.05, 3.63) is 59.7 Å². The van der Waals surface area contributed by atoms with E-state index in [1.165, 1.54) is 0 Å². The van der Waals surface area contributed by atoms with Crippen LogP contribution in [0.1, 0.15) is 29.9 Å². The molecule has 68 heavy (non-hydrogen) atoms. The summed E-state index contributed by atoms with van der Waals surface area (Å²) in [6.45, 7) is 9.75. The first-order valence-electron chi connectivity index (χ1n) is 23.1. The Morgan fingerprint density at radius 2 is 0.868 bits per heavy atom. The van der Waals surface area contributed by atoms with E-state index in [9.17, 15) is 19.2 Å². The quantitative estimate of drug-likeness (QED) is 0.0692. The Kier molecular flexibility index (Phi) is 33.7. The summed E-state index contributed by atoms with van der Waals surface area (Å²) < 4.78 is 70.5. The molecule has 1 aliphatic carbocycles. The highest BCUT2D eigenvalue weighted by molar-refractivity contribution is 5.87. The van der Waals surface area contributed by atoms with Crippen LogP contribution >= 0.6 is 0 Å². The van der Waals surface area contributed by atoms with Crippen molar-refractivity contribution in [1.82, 2.24) is 16.0 Å². The number of carbonyl (C=O) groups is 4. The van der Waals surface area contributed by atoms with Gasteiger partial charge in [0.1, 0.15) is 12.6 Å². The van der Waals surface area contributed by atoms with Gasteiger partial charge in [0.15, 0.2) is 0 Å². The minimum absolute atomic E-state index is 0.00260. The third-order valence-corrected chi connectivity index (χ3v) is 9.72. The van der Waals surface area contributed by atoms with Crippen molar-refractivity contribution in [3.8, 4) is 11.1 Å². The van der Waals surface area contributed by atoms with E-state index >= 15 is 0 Å². The summed E-state index contributed by atoms with van der Waals surface area (Å²) in [5.74, 6) is -2.36. The summed E-state index contributed by atoms with van der Waals surface area (Å²) in [6, 6.07) is 14.6. The molecular weight excluding hydrogens is 895 g/mol. The fraction of sp³-hybridized carbons (Fsp3) is 0.660. The summed E-state index contributed by atoms with van der Waals surface area (Å²) in [5.41, 5.74) is 4.20. The van der Waals surface area contributed by atoms with Gasteiger partial charge in [0.25, 0.3) is 0 Å². The number of benzene rings is 2. The van der Waals surface area contributed by atoms with Gasteiger partial charge in [-0.3, -0.25) is 14.4 Å². The van der Waals surface area contributed by atoms with Crippen LogP contribution in [0, 0.1) is 0 Å². The number of carboxylic acid groups (broad SMARTS) is 1. The lowest BCUT2D eigenvalue weighted by molar-refractivity contribution is -0.137. The molecular formula is C47H73N3O18. The first-order chi connectivity index (χ1) is 33.4. The molecule has 0 aliphatic heterocycles. The number of ether oxygens (including phenoxy) is 13. The van der Waals surface area contributed by atoms with Crippen molar-refractivity contribution in [2.75, 3.05) is 179 Å². The van der Waals surface area contributed by atoms with Gasteiger partial charge in [-0.15, -0.1) is 0 Å². The third kappa shape index (κ3) is 27.6. The van der Waals surface area contributed by atoms with E-state index in [-0.39, 0.29) is 51.7 Å². The average molecular weight is 968 g/mol. The summed E-state index contributed by atoms with van der Waals surface area (Å²) >= 11 is 0. The van der Waals surface area contributed by atoms with Crippen LogP contribution < -0.4 is 16.0 Å². The van der Waals surface area contributed by atoms with Gasteiger partial charge in [0, 0.05) is 32.5 Å². The zero-order valence-corrected chi connectivity index (χ0v) is 39.5. The SMILES string of the molecule is COCCOCCOCCOCCOCCOCCOCCOCCOCCOCCOCCOCCC(=O)NC[C@H](NC(=O)OCC1c2ccccc2-c2ccccc21)C(=O)NCCC(=O)O. The van der Waals surface area contributed by atoms with Crippen LogP contribution in [-0.4, -0.2) is 214 Å². The second kappa shape index (κ2) is 39.5. The fourth-order valence-corrected chi connectivity index (χ4v) is 6.32. The van der Waals surface area contributed by atoms with Gasteiger partial charge in [-0.25, -0.2) is 4.79 Å². The average Bonchev–Trinajstić information content (AvgIpc) is 3.66. The van der Waals surface area contributed by atoms with E-state index in [1.807, 2.05) is 48.5 Å². The predicted molar refractivity (Wildman–Crippen MR) is 246 cm³/mol. The Bertz CT molecular complexity index is 1600. The molecule has 2 aromatic carbocycles. The van der Waals surface area contributed by atoms with E-state index in [0.717, 1.165) is 22.3 Å². The highest BCUT2D eigenvalue weighted by atomic mass is 16.6. The first-order valence-corrected chi connectivity index (χ1v) is 23.1. The van der Waals surface area contributed by atoms with Crippen molar-refractivity contribution < 1.29 is 85.9 Å². The molecule has 21 nitrogen and oxygen atoms in total. The number of rotatable bonds is 45. The van der Waals surface area contributed by atoms with Crippen LogP contribution in [-0.2, 0) is 76.0 Å². The summed E-state index contributed by atoms with van der Waals surface area (Å²) in [4.78, 5) is 49.3. The number of aliphatic carboxylic acids is 1. The van der Waals surface area contributed by atoms with E-state index < -0.39 is 29.9 Å². The Labute approximate surface area is 399 Å². The molecule has 3 rings (SSSR count). The van der Waals surface area contributed by atoms with Crippen molar-refractivity contribution in [2.45, 2.75) is 24.8 Å². The van der Waals surface area contributed by atoms with Gasteiger partial charge in [-0.1, -0.05) is 48.5 Å². The smallest absolute Gasteiger partial charge is 0.407 e. The minimum atomic E-state index is -1.22. The zero-order valence-electron chi connectivity index (χ0n) is 39.5. The molecule has 0 saturated heterocycles. The summed E-state index contributed by atoms with van der Waals surface area (Å²) in [5, 5.41) is 16.6. The molecule has 0 spiro atoms. The number of hydrogen-bond acceptors (Lipinski definition) is 17. The summed E-state index contributed by atoms with van der Waals surface area (Å²) in [6.07, 6.45) is -1.17. The molecule has 1 aliphatic rings. The number of carbonyl (C=O) groups excluding carboxylic acids is 3. The molecule has 0 aromatic heterocycles.